The summed E-state index contributed by atoms with van der Waals surface area (Å²) < 4.78 is 7.15. The second-order valence-corrected chi connectivity index (χ2v) is 9.25. The van der Waals surface area contributed by atoms with E-state index in [9.17, 15) is 4.79 Å². The van der Waals surface area contributed by atoms with Crippen molar-refractivity contribution in [3.05, 3.63) is 101 Å². The molecule has 4 rings (SSSR count). The van der Waals surface area contributed by atoms with Crippen molar-refractivity contribution in [1.29, 1.82) is 0 Å². The number of esters is 1. The topological polar surface area (TPSA) is 26.3 Å². The molecule has 1 heterocycles. The second-order valence-electron chi connectivity index (χ2n) is 7.43. The minimum absolute atomic E-state index is 0.0801. The minimum Gasteiger partial charge on any atom is -0.451 e. The quantitative estimate of drug-likeness (QED) is 0.279. The molecule has 0 fully saturated rings. The molecule has 0 bridgehead atoms. The van der Waals surface area contributed by atoms with Crippen LogP contribution in [0.1, 0.15) is 35.3 Å². The molecule has 140 valence electrons. The molecule has 2 nitrogen and oxygen atoms in total. The summed E-state index contributed by atoms with van der Waals surface area (Å²) in [6.07, 6.45) is 0. The molecule has 28 heavy (non-hydrogen) atoms. The maximum Gasteiger partial charge on any atom is 0.338 e. The van der Waals surface area contributed by atoms with Crippen molar-refractivity contribution in [3.8, 4) is 4.90 Å². The molecule has 0 aliphatic heterocycles. The van der Waals surface area contributed by atoms with E-state index in [2.05, 4.69) is 36.6 Å². The zero-order chi connectivity index (χ0) is 19.7. The van der Waals surface area contributed by atoms with Gasteiger partial charge in [0.25, 0.3) is 0 Å². The van der Waals surface area contributed by atoms with Gasteiger partial charge in [-0.05, 0) is 62.7 Å². The largest absolute Gasteiger partial charge is 0.451 e. The maximum atomic E-state index is 12.7. The lowest BCUT2D eigenvalue weighted by Crippen LogP contribution is -2.25. The average Bonchev–Trinajstić information content (AvgIpc) is 3.05. The van der Waals surface area contributed by atoms with Gasteiger partial charge in [-0.2, -0.15) is 0 Å². The van der Waals surface area contributed by atoms with Gasteiger partial charge >= 0.3 is 5.97 Å². The van der Waals surface area contributed by atoms with Crippen LogP contribution in [-0.2, 0) is 10.3 Å². The fraction of sp³-hybridized carbons (Fsp3) is 0.160. The highest BCUT2D eigenvalue weighted by atomic mass is 32.2. The number of hydrogen-bond acceptors (Lipinski definition) is 2. The van der Waals surface area contributed by atoms with E-state index in [0.29, 0.717) is 5.56 Å². The molecule has 0 amide bonds. The Hall–Kier alpha value is -2.91. The molecule has 0 aliphatic carbocycles. The van der Waals surface area contributed by atoms with E-state index in [0.717, 1.165) is 5.56 Å². The van der Waals surface area contributed by atoms with Gasteiger partial charge in [0.2, 0.25) is 0 Å². The van der Waals surface area contributed by atoms with Gasteiger partial charge in [-0.3, -0.25) is 0 Å². The standard InChI is InChI=1S/C25H23O2S/c1-18-17-28(23-12-8-7-11-22(18)23)21-15-13-19(14-16-21)24(26)27-25(2,3)20-9-5-4-6-10-20/h4-17H,1-3H3/q+1. The Bertz CT molecular complexity index is 1120. The Morgan fingerprint density at radius 3 is 2.21 bits per heavy atom. The van der Waals surface area contributed by atoms with Crippen LogP contribution in [0.3, 0.4) is 0 Å². The van der Waals surface area contributed by atoms with E-state index < -0.39 is 5.60 Å². The van der Waals surface area contributed by atoms with Gasteiger partial charge in [0.1, 0.15) is 11.0 Å². The van der Waals surface area contributed by atoms with Gasteiger partial charge in [0.15, 0.2) is 9.60 Å². The van der Waals surface area contributed by atoms with Crippen molar-refractivity contribution in [2.45, 2.75) is 26.4 Å². The molecule has 1 aromatic heterocycles. The maximum absolute atomic E-state index is 12.7. The van der Waals surface area contributed by atoms with Crippen LogP contribution in [0, 0.1) is 6.92 Å². The summed E-state index contributed by atoms with van der Waals surface area (Å²) in [5.74, 6) is -0.303. The average molecular weight is 388 g/mol. The predicted molar refractivity (Wildman–Crippen MR) is 117 cm³/mol. The van der Waals surface area contributed by atoms with Gasteiger partial charge in [0, 0.05) is 21.4 Å². The minimum atomic E-state index is -0.678. The van der Waals surface area contributed by atoms with Crippen LogP contribution in [0.5, 0.6) is 0 Å². The Balaban J connectivity index is 1.58. The van der Waals surface area contributed by atoms with E-state index in [1.165, 1.54) is 20.5 Å². The highest BCUT2D eigenvalue weighted by molar-refractivity contribution is 7.43. The number of hydrogen-bond donors (Lipinski definition) is 0. The number of carbonyl (C=O) groups excluding carboxylic acids is 1. The number of carbonyl (C=O) groups is 1. The molecule has 0 saturated carbocycles. The van der Waals surface area contributed by atoms with Gasteiger partial charge in [-0.25, -0.2) is 4.79 Å². The predicted octanol–water partition coefficient (Wildman–Crippen LogP) is 6.98. The fourth-order valence-electron chi connectivity index (χ4n) is 3.41. The first-order valence-corrected chi connectivity index (χ1v) is 10.6. The van der Waals surface area contributed by atoms with Crippen LogP contribution >= 0.6 is 10.5 Å². The second kappa shape index (κ2) is 7.25. The summed E-state index contributed by atoms with van der Waals surface area (Å²) in [5, 5.41) is 3.63. The van der Waals surface area contributed by atoms with Crippen molar-refractivity contribution in [1.82, 2.24) is 0 Å². The molecular formula is C25H23O2S+. The van der Waals surface area contributed by atoms with E-state index >= 15 is 0 Å². The lowest BCUT2D eigenvalue weighted by atomic mass is 9.98. The Kier molecular flexibility index (Phi) is 4.78. The molecule has 0 radical (unpaired) electrons. The van der Waals surface area contributed by atoms with Gasteiger partial charge < -0.3 is 4.74 Å². The van der Waals surface area contributed by atoms with Crippen LogP contribution < -0.4 is 0 Å². The Morgan fingerprint density at radius 2 is 1.50 bits per heavy atom. The summed E-state index contributed by atoms with van der Waals surface area (Å²) >= 11 is 0. The van der Waals surface area contributed by atoms with Crippen LogP contribution in [0.15, 0.2) is 84.2 Å². The lowest BCUT2D eigenvalue weighted by Gasteiger charge is -2.25. The highest BCUT2D eigenvalue weighted by Gasteiger charge is 2.26. The molecule has 3 aromatic carbocycles. The molecule has 1 unspecified atom stereocenters. The summed E-state index contributed by atoms with van der Waals surface area (Å²) in [5.41, 5.74) is 2.18. The lowest BCUT2D eigenvalue weighted by molar-refractivity contribution is -0.00312. The highest BCUT2D eigenvalue weighted by Crippen LogP contribution is 2.41. The van der Waals surface area contributed by atoms with Crippen LogP contribution in [0.4, 0.5) is 0 Å². The first-order valence-electron chi connectivity index (χ1n) is 9.35. The molecule has 1 atom stereocenters. The summed E-state index contributed by atoms with van der Waals surface area (Å²) in [6.45, 7) is 5.99. The van der Waals surface area contributed by atoms with Gasteiger partial charge in [-0.1, -0.05) is 42.5 Å². The smallest absolute Gasteiger partial charge is 0.338 e. The van der Waals surface area contributed by atoms with Crippen LogP contribution in [0.2, 0.25) is 0 Å². The van der Waals surface area contributed by atoms with Crippen molar-refractivity contribution in [3.63, 3.8) is 0 Å². The van der Waals surface area contributed by atoms with Crippen molar-refractivity contribution in [2.75, 3.05) is 0 Å². The molecule has 0 spiro atoms. The van der Waals surface area contributed by atoms with Gasteiger partial charge in [0.05, 0.1) is 5.56 Å². The zero-order valence-electron chi connectivity index (χ0n) is 16.3. The molecular weight excluding hydrogens is 364 g/mol. The van der Waals surface area contributed by atoms with E-state index in [1.54, 1.807) is 0 Å². The summed E-state index contributed by atoms with van der Waals surface area (Å²) in [4.78, 5) is 13.9. The number of thiophene rings is 1. The third kappa shape index (κ3) is 3.46. The molecule has 0 N–H and O–H groups in total. The number of ether oxygens (including phenoxy) is 1. The first kappa shape index (κ1) is 18.5. The van der Waals surface area contributed by atoms with E-state index in [4.69, 9.17) is 4.74 Å². The van der Waals surface area contributed by atoms with Crippen molar-refractivity contribution >= 4 is 26.5 Å². The zero-order valence-corrected chi connectivity index (χ0v) is 17.1. The number of benzene rings is 3. The van der Waals surface area contributed by atoms with Crippen molar-refractivity contribution < 1.29 is 9.53 Å². The van der Waals surface area contributed by atoms with Crippen LogP contribution in [-0.4, -0.2) is 5.97 Å². The molecule has 0 aliphatic rings. The van der Waals surface area contributed by atoms with Crippen molar-refractivity contribution in [2.24, 2.45) is 0 Å². The van der Waals surface area contributed by atoms with E-state index in [1.807, 2.05) is 68.4 Å². The fourth-order valence-corrected chi connectivity index (χ4v) is 5.53. The first-order chi connectivity index (χ1) is 13.5. The molecule has 0 saturated heterocycles. The third-order valence-corrected chi connectivity index (χ3v) is 7.20. The number of fused-ring (bicyclic) bond motifs is 1. The van der Waals surface area contributed by atoms with E-state index in [-0.39, 0.29) is 16.4 Å². The van der Waals surface area contributed by atoms with Crippen LogP contribution in [0.25, 0.3) is 15.0 Å². The Morgan fingerprint density at radius 1 is 0.857 bits per heavy atom. The number of rotatable bonds is 4. The molecule has 4 aromatic rings. The monoisotopic (exact) mass is 387 g/mol. The normalized spacial score (nSPS) is 12.2. The number of aryl methyl sites for hydroxylation is 1. The molecule has 3 heteroatoms. The third-order valence-electron chi connectivity index (χ3n) is 5.00. The SMILES string of the molecule is Cc1c[s+](-c2ccc(C(=O)OC(C)(C)c3ccccc3)cc2)c2ccccc12. The Labute approximate surface area is 168 Å². The summed E-state index contributed by atoms with van der Waals surface area (Å²) in [7, 11) is -0.0801. The van der Waals surface area contributed by atoms with Gasteiger partial charge in [-0.15, -0.1) is 0 Å². The summed E-state index contributed by atoms with van der Waals surface area (Å²) in [6, 6.07) is 26.2.